The van der Waals surface area contributed by atoms with Crippen LogP contribution in [0.4, 0.5) is 0 Å². The van der Waals surface area contributed by atoms with E-state index < -0.39 is 0 Å². The Labute approximate surface area is 178 Å². The number of phenols is 1. The van der Waals surface area contributed by atoms with Gasteiger partial charge in [0.05, 0.1) is 12.0 Å². The summed E-state index contributed by atoms with van der Waals surface area (Å²) in [6.07, 6.45) is 11.0. The summed E-state index contributed by atoms with van der Waals surface area (Å²) < 4.78 is 6.02. The summed E-state index contributed by atoms with van der Waals surface area (Å²) in [5.41, 5.74) is 2.38. The van der Waals surface area contributed by atoms with Gasteiger partial charge in [0.2, 0.25) is 0 Å². The third kappa shape index (κ3) is 4.78. The number of nitrogens with zero attached hydrogens (tertiary/aromatic N) is 1. The summed E-state index contributed by atoms with van der Waals surface area (Å²) in [6, 6.07) is 6.85. The van der Waals surface area contributed by atoms with Gasteiger partial charge in [-0.3, -0.25) is 4.79 Å². The molecule has 5 nitrogen and oxygen atoms in total. The van der Waals surface area contributed by atoms with Gasteiger partial charge in [-0.05, 0) is 76.0 Å². The van der Waals surface area contributed by atoms with Gasteiger partial charge in [0.25, 0.3) is 0 Å². The molecule has 1 fully saturated rings. The van der Waals surface area contributed by atoms with E-state index in [0.717, 1.165) is 30.4 Å². The number of furan rings is 1. The number of unbranched alkanes of at least 4 members (excludes halogenated alkanes) is 3. The number of ketones is 1. The Morgan fingerprint density at radius 1 is 0.933 bits per heavy atom. The Morgan fingerprint density at radius 2 is 1.67 bits per heavy atom. The van der Waals surface area contributed by atoms with Crippen LogP contribution in [0, 0.1) is 0 Å². The molecule has 2 aromatic rings. The summed E-state index contributed by atoms with van der Waals surface area (Å²) in [5, 5.41) is 19.5. The van der Waals surface area contributed by atoms with Gasteiger partial charge in [0, 0.05) is 17.2 Å². The van der Waals surface area contributed by atoms with E-state index in [0.29, 0.717) is 17.1 Å². The monoisotopic (exact) mass is 409 g/mol. The minimum absolute atomic E-state index is 0.0321. The molecule has 4 rings (SSSR count). The SMILES string of the molecule is O=C1CC(O)=Cc2oc(-c3ccc(O)cc3)c(CCCCCCN3CCCCC3)c21. The van der Waals surface area contributed by atoms with Crippen LogP contribution < -0.4 is 0 Å². The highest BCUT2D eigenvalue weighted by Crippen LogP contribution is 2.37. The number of fused-ring (bicyclic) bond motifs is 1. The van der Waals surface area contributed by atoms with Gasteiger partial charge in [0.1, 0.15) is 23.0 Å². The van der Waals surface area contributed by atoms with E-state index in [2.05, 4.69) is 4.90 Å². The maximum absolute atomic E-state index is 12.6. The predicted molar refractivity (Wildman–Crippen MR) is 118 cm³/mol. The van der Waals surface area contributed by atoms with Crippen molar-refractivity contribution in [3.8, 4) is 17.1 Å². The Morgan fingerprint density at radius 3 is 2.43 bits per heavy atom. The van der Waals surface area contributed by atoms with Gasteiger partial charge in [-0.15, -0.1) is 0 Å². The normalized spacial score (nSPS) is 17.1. The van der Waals surface area contributed by atoms with Crippen molar-refractivity contribution in [2.24, 2.45) is 0 Å². The van der Waals surface area contributed by atoms with Crippen molar-refractivity contribution in [2.75, 3.05) is 19.6 Å². The second-order valence-corrected chi connectivity index (χ2v) is 8.50. The molecule has 0 bridgehead atoms. The number of rotatable bonds is 8. The molecule has 5 heteroatoms. The lowest BCUT2D eigenvalue weighted by atomic mass is 9.92. The van der Waals surface area contributed by atoms with E-state index in [1.807, 2.05) is 0 Å². The third-order valence-electron chi connectivity index (χ3n) is 6.18. The zero-order valence-electron chi connectivity index (χ0n) is 17.5. The van der Waals surface area contributed by atoms with Crippen LogP contribution in [0.1, 0.15) is 73.0 Å². The lowest BCUT2D eigenvalue weighted by Gasteiger charge is -2.26. The molecule has 0 unspecified atom stereocenters. The van der Waals surface area contributed by atoms with E-state index in [1.165, 1.54) is 51.7 Å². The molecule has 0 radical (unpaired) electrons. The van der Waals surface area contributed by atoms with Crippen LogP contribution in [0.15, 0.2) is 34.4 Å². The quantitative estimate of drug-likeness (QED) is 0.545. The number of hydrogen-bond donors (Lipinski definition) is 2. The van der Waals surface area contributed by atoms with Gasteiger partial charge in [-0.2, -0.15) is 0 Å². The molecule has 1 aliphatic heterocycles. The smallest absolute Gasteiger partial charge is 0.174 e. The van der Waals surface area contributed by atoms with E-state index in [-0.39, 0.29) is 23.7 Å². The standard InChI is InChI=1S/C25H31NO4/c27-19-11-9-18(10-12-19)25-21(24-22(29)16-20(28)17-23(24)30-25)8-4-1-2-5-13-26-14-6-3-7-15-26/h9-12,17,27-28H,1-8,13-16H2. The minimum atomic E-state index is -0.0844. The number of aliphatic hydroxyl groups is 1. The Kier molecular flexibility index (Phi) is 6.58. The van der Waals surface area contributed by atoms with Crippen LogP contribution in [0.2, 0.25) is 0 Å². The first-order valence-electron chi connectivity index (χ1n) is 11.2. The van der Waals surface area contributed by atoms with Crippen molar-refractivity contribution in [1.82, 2.24) is 4.90 Å². The first-order chi connectivity index (χ1) is 14.6. The van der Waals surface area contributed by atoms with Crippen molar-refractivity contribution in [2.45, 2.75) is 57.8 Å². The maximum Gasteiger partial charge on any atom is 0.174 e. The van der Waals surface area contributed by atoms with Crippen LogP contribution >= 0.6 is 0 Å². The molecule has 1 aromatic carbocycles. The van der Waals surface area contributed by atoms with E-state index in [1.54, 1.807) is 30.3 Å². The minimum Gasteiger partial charge on any atom is -0.512 e. The Balaban J connectivity index is 1.42. The molecule has 0 amide bonds. The number of aromatic hydroxyl groups is 1. The Hall–Kier alpha value is -2.53. The lowest BCUT2D eigenvalue weighted by Crippen LogP contribution is -2.30. The van der Waals surface area contributed by atoms with E-state index in [4.69, 9.17) is 4.42 Å². The fraction of sp³-hybridized carbons (Fsp3) is 0.480. The first kappa shape index (κ1) is 20.7. The van der Waals surface area contributed by atoms with Gasteiger partial charge >= 0.3 is 0 Å². The fourth-order valence-electron chi connectivity index (χ4n) is 4.61. The summed E-state index contributed by atoms with van der Waals surface area (Å²) >= 11 is 0. The summed E-state index contributed by atoms with van der Waals surface area (Å²) in [4.78, 5) is 15.2. The largest absolute Gasteiger partial charge is 0.512 e. The molecule has 1 saturated heterocycles. The number of aliphatic hydroxyl groups excluding tert-OH is 1. The van der Waals surface area contributed by atoms with Gasteiger partial charge in [-0.25, -0.2) is 0 Å². The second kappa shape index (κ2) is 9.52. The molecule has 1 aliphatic carbocycles. The van der Waals surface area contributed by atoms with Gasteiger partial charge in [0.15, 0.2) is 5.78 Å². The fourth-order valence-corrected chi connectivity index (χ4v) is 4.61. The highest BCUT2D eigenvalue weighted by Gasteiger charge is 2.28. The number of hydrogen-bond acceptors (Lipinski definition) is 5. The zero-order chi connectivity index (χ0) is 20.9. The Bertz CT molecular complexity index is 904. The van der Waals surface area contributed by atoms with Crippen LogP contribution in [0.3, 0.4) is 0 Å². The molecule has 160 valence electrons. The number of piperidine rings is 1. The molecule has 2 heterocycles. The molecule has 2 N–H and O–H groups in total. The number of phenolic OH excluding ortho intramolecular Hbond substituents is 1. The van der Waals surface area contributed by atoms with E-state index >= 15 is 0 Å². The van der Waals surface area contributed by atoms with Crippen molar-refractivity contribution in [3.63, 3.8) is 0 Å². The van der Waals surface area contributed by atoms with Gasteiger partial charge in [-0.1, -0.05) is 19.3 Å². The molecule has 0 spiro atoms. The number of Topliss-reactive ketones (excluding diaryl/α,β-unsaturated/α-hetero) is 1. The van der Waals surface area contributed by atoms with Crippen molar-refractivity contribution in [1.29, 1.82) is 0 Å². The summed E-state index contributed by atoms with van der Waals surface area (Å²) in [6.45, 7) is 3.70. The molecular formula is C25H31NO4. The average Bonchev–Trinajstić information content (AvgIpc) is 3.10. The summed E-state index contributed by atoms with van der Waals surface area (Å²) in [7, 11) is 0. The van der Waals surface area contributed by atoms with Crippen molar-refractivity contribution in [3.05, 3.63) is 46.9 Å². The van der Waals surface area contributed by atoms with Crippen molar-refractivity contribution >= 4 is 11.9 Å². The highest BCUT2D eigenvalue weighted by molar-refractivity contribution is 6.05. The number of likely N-dealkylation sites (tertiary alicyclic amines) is 1. The van der Waals surface area contributed by atoms with Crippen LogP contribution in [0.25, 0.3) is 17.4 Å². The summed E-state index contributed by atoms with van der Waals surface area (Å²) in [5.74, 6) is 1.28. The highest BCUT2D eigenvalue weighted by atomic mass is 16.3. The predicted octanol–water partition coefficient (Wildman–Crippen LogP) is 5.73. The molecular weight excluding hydrogens is 378 g/mol. The van der Waals surface area contributed by atoms with E-state index in [9.17, 15) is 15.0 Å². The first-order valence-corrected chi connectivity index (χ1v) is 11.2. The van der Waals surface area contributed by atoms with Gasteiger partial charge < -0.3 is 19.5 Å². The number of allylic oxidation sites excluding steroid dienone is 1. The average molecular weight is 410 g/mol. The molecule has 30 heavy (non-hydrogen) atoms. The second-order valence-electron chi connectivity index (χ2n) is 8.50. The van der Waals surface area contributed by atoms with Crippen LogP contribution in [-0.4, -0.2) is 40.5 Å². The van der Waals surface area contributed by atoms with Crippen LogP contribution in [0.5, 0.6) is 5.75 Å². The van der Waals surface area contributed by atoms with Crippen LogP contribution in [-0.2, 0) is 6.42 Å². The number of benzene rings is 1. The van der Waals surface area contributed by atoms with Crippen molar-refractivity contribution < 1.29 is 19.4 Å². The topological polar surface area (TPSA) is 73.9 Å². The third-order valence-corrected chi connectivity index (χ3v) is 6.18. The molecule has 0 saturated carbocycles. The molecule has 1 aromatic heterocycles. The molecule has 2 aliphatic rings. The lowest BCUT2D eigenvalue weighted by molar-refractivity contribution is 0.0976. The number of carbonyl (C=O) groups excluding carboxylic acids is 1. The molecule has 0 atom stereocenters. The number of carbonyl (C=O) groups is 1. The maximum atomic E-state index is 12.6. The zero-order valence-corrected chi connectivity index (χ0v) is 17.5.